The van der Waals surface area contributed by atoms with Gasteiger partial charge in [-0.1, -0.05) is 11.6 Å². The number of nitrogens with zero attached hydrogens (tertiary/aromatic N) is 4. The molecule has 2 heterocycles. The van der Waals surface area contributed by atoms with Crippen molar-refractivity contribution in [3.63, 3.8) is 0 Å². The second-order valence-electron chi connectivity index (χ2n) is 3.02. The number of aryl methyl sites for hydroxylation is 1. The third-order valence-corrected chi connectivity index (χ3v) is 2.04. The van der Waals surface area contributed by atoms with Crippen LogP contribution >= 0.6 is 11.6 Å². The number of hydrogen-bond donors (Lipinski definition) is 1. The van der Waals surface area contributed by atoms with Gasteiger partial charge >= 0.3 is 0 Å². The van der Waals surface area contributed by atoms with Crippen molar-refractivity contribution in [3.8, 4) is 11.6 Å². The molecule has 2 N–H and O–H groups in total. The molecule has 0 saturated heterocycles. The Labute approximate surface area is 97.0 Å². The van der Waals surface area contributed by atoms with Crippen LogP contribution in [0.2, 0.25) is 5.15 Å². The lowest BCUT2D eigenvalue weighted by atomic mass is 10.6. The molecule has 0 spiro atoms. The Morgan fingerprint density at radius 1 is 1.50 bits per heavy atom. The largest absolute Gasteiger partial charge is 0.435 e. The van der Waals surface area contributed by atoms with Gasteiger partial charge in [-0.05, 0) is 6.92 Å². The van der Waals surface area contributed by atoms with Crippen LogP contribution in [0.25, 0.3) is 0 Å². The van der Waals surface area contributed by atoms with Crippen molar-refractivity contribution in [2.45, 2.75) is 13.5 Å². The minimum absolute atomic E-state index is 0.0744. The van der Waals surface area contributed by atoms with E-state index in [1.54, 1.807) is 17.1 Å². The summed E-state index contributed by atoms with van der Waals surface area (Å²) >= 11 is 5.72. The van der Waals surface area contributed by atoms with Crippen LogP contribution < -0.4 is 10.5 Å². The molecule has 0 fully saturated rings. The van der Waals surface area contributed by atoms with E-state index >= 15 is 0 Å². The molecule has 0 amide bonds. The molecule has 0 atom stereocenters. The molecule has 6 nitrogen and oxygen atoms in total. The second-order valence-corrected chi connectivity index (χ2v) is 3.41. The number of rotatable bonds is 3. The van der Waals surface area contributed by atoms with Gasteiger partial charge in [0.2, 0.25) is 11.8 Å². The van der Waals surface area contributed by atoms with Crippen molar-refractivity contribution >= 4 is 17.5 Å². The van der Waals surface area contributed by atoms with Crippen molar-refractivity contribution in [1.82, 2.24) is 19.7 Å². The Bertz CT molecular complexity index is 478. The maximum Gasteiger partial charge on any atom is 0.225 e. The average molecular weight is 240 g/mol. The van der Waals surface area contributed by atoms with E-state index in [1.165, 1.54) is 6.07 Å². The Hall–Kier alpha value is -1.82. The van der Waals surface area contributed by atoms with Crippen molar-refractivity contribution in [2.24, 2.45) is 0 Å². The molecular formula is C9H10ClN5O. The van der Waals surface area contributed by atoms with Crippen LogP contribution in [0.1, 0.15) is 6.92 Å². The SMILES string of the molecule is CCn1cc(Oc2cc(Cl)nc(N)n2)cn1. The third-order valence-electron chi connectivity index (χ3n) is 1.84. The van der Waals surface area contributed by atoms with Crippen LogP contribution in [0.3, 0.4) is 0 Å². The van der Waals surface area contributed by atoms with E-state index in [2.05, 4.69) is 15.1 Å². The van der Waals surface area contributed by atoms with Gasteiger partial charge in [-0.3, -0.25) is 4.68 Å². The molecular weight excluding hydrogens is 230 g/mol. The van der Waals surface area contributed by atoms with Gasteiger partial charge in [0.25, 0.3) is 0 Å². The highest BCUT2D eigenvalue weighted by atomic mass is 35.5. The molecule has 0 unspecified atom stereocenters. The lowest BCUT2D eigenvalue weighted by molar-refractivity contribution is 0.461. The Kier molecular flexibility index (Phi) is 2.91. The molecule has 7 heteroatoms. The van der Waals surface area contributed by atoms with Crippen LogP contribution in [0, 0.1) is 0 Å². The molecule has 0 aliphatic heterocycles. The van der Waals surface area contributed by atoms with Gasteiger partial charge in [0, 0.05) is 12.6 Å². The Morgan fingerprint density at radius 2 is 2.31 bits per heavy atom. The first kappa shape index (κ1) is 10.7. The summed E-state index contributed by atoms with van der Waals surface area (Å²) in [6.45, 7) is 2.76. The highest BCUT2D eigenvalue weighted by Crippen LogP contribution is 2.21. The van der Waals surface area contributed by atoms with Crippen LogP contribution in [0.4, 0.5) is 5.95 Å². The van der Waals surface area contributed by atoms with Gasteiger partial charge in [0.15, 0.2) is 5.75 Å². The summed E-state index contributed by atoms with van der Waals surface area (Å²) in [5.74, 6) is 0.953. The van der Waals surface area contributed by atoms with Gasteiger partial charge in [0.1, 0.15) is 5.15 Å². The van der Waals surface area contributed by atoms with Crippen LogP contribution in [-0.2, 0) is 6.54 Å². The summed E-state index contributed by atoms with van der Waals surface area (Å²) < 4.78 is 7.16. The summed E-state index contributed by atoms with van der Waals surface area (Å²) in [5.41, 5.74) is 5.44. The molecule has 0 radical (unpaired) electrons. The normalized spacial score (nSPS) is 10.4. The number of hydrogen-bond acceptors (Lipinski definition) is 5. The molecule has 2 aromatic rings. The van der Waals surface area contributed by atoms with Crippen molar-refractivity contribution in [1.29, 1.82) is 0 Å². The number of anilines is 1. The molecule has 0 aliphatic carbocycles. The smallest absolute Gasteiger partial charge is 0.225 e. The lowest BCUT2D eigenvalue weighted by Gasteiger charge is -2.02. The first-order chi connectivity index (χ1) is 7.67. The highest BCUT2D eigenvalue weighted by Gasteiger charge is 2.04. The molecule has 0 bridgehead atoms. The number of halogens is 1. The number of nitrogen functional groups attached to an aromatic ring is 1. The number of nitrogens with two attached hydrogens (primary N) is 1. The van der Waals surface area contributed by atoms with Crippen molar-refractivity contribution in [3.05, 3.63) is 23.6 Å². The molecule has 84 valence electrons. The van der Waals surface area contributed by atoms with Crippen molar-refractivity contribution < 1.29 is 4.74 Å². The van der Waals surface area contributed by atoms with E-state index in [4.69, 9.17) is 22.1 Å². The molecule has 16 heavy (non-hydrogen) atoms. The zero-order valence-corrected chi connectivity index (χ0v) is 9.35. The predicted molar refractivity (Wildman–Crippen MR) is 59.4 cm³/mol. The van der Waals surface area contributed by atoms with Crippen molar-refractivity contribution in [2.75, 3.05) is 5.73 Å². The fraction of sp³-hybridized carbons (Fsp3) is 0.222. The fourth-order valence-corrected chi connectivity index (χ4v) is 1.34. The standard InChI is InChI=1S/C9H10ClN5O/c1-2-15-5-6(4-12-15)16-8-3-7(10)13-9(11)14-8/h3-5H,2H2,1H3,(H2,11,13,14). The minimum Gasteiger partial charge on any atom is -0.435 e. The van der Waals surface area contributed by atoms with Crippen LogP contribution in [-0.4, -0.2) is 19.7 Å². The fourth-order valence-electron chi connectivity index (χ4n) is 1.16. The van der Waals surface area contributed by atoms with Gasteiger partial charge in [-0.2, -0.15) is 10.1 Å². The summed E-state index contributed by atoms with van der Waals surface area (Å²) in [4.78, 5) is 7.62. The quantitative estimate of drug-likeness (QED) is 0.825. The molecule has 2 aromatic heterocycles. The van der Waals surface area contributed by atoms with Crippen LogP contribution in [0.5, 0.6) is 11.6 Å². The Balaban J connectivity index is 2.19. The highest BCUT2D eigenvalue weighted by molar-refractivity contribution is 6.29. The topological polar surface area (TPSA) is 78.9 Å². The molecule has 0 aliphatic rings. The predicted octanol–water partition coefficient (Wildman–Crippen LogP) is 1.72. The Morgan fingerprint density at radius 3 is 2.94 bits per heavy atom. The van der Waals surface area contributed by atoms with E-state index in [-0.39, 0.29) is 11.1 Å². The molecule has 2 rings (SSSR count). The summed E-state index contributed by atoms with van der Waals surface area (Å²) in [6, 6.07) is 1.49. The number of ether oxygens (including phenoxy) is 1. The third kappa shape index (κ3) is 2.40. The van der Waals surface area contributed by atoms with Gasteiger partial charge < -0.3 is 10.5 Å². The second kappa shape index (κ2) is 4.36. The summed E-state index contributed by atoms with van der Waals surface area (Å²) in [6.07, 6.45) is 3.35. The number of aromatic nitrogens is 4. The maximum absolute atomic E-state index is 5.72. The van der Waals surface area contributed by atoms with E-state index < -0.39 is 0 Å². The van der Waals surface area contributed by atoms with E-state index in [0.717, 1.165) is 6.54 Å². The van der Waals surface area contributed by atoms with Gasteiger partial charge in [-0.15, -0.1) is 0 Å². The monoisotopic (exact) mass is 239 g/mol. The molecule has 0 saturated carbocycles. The zero-order valence-electron chi connectivity index (χ0n) is 8.59. The minimum atomic E-state index is 0.0744. The lowest BCUT2D eigenvalue weighted by Crippen LogP contribution is -1.97. The average Bonchev–Trinajstić information content (AvgIpc) is 2.64. The zero-order chi connectivity index (χ0) is 11.5. The van der Waals surface area contributed by atoms with Gasteiger partial charge in [-0.25, -0.2) is 4.98 Å². The molecule has 0 aromatic carbocycles. The summed E-state index contributed by atoms with van der Waals surface area (Å²) in [5, 5.41) is 4.30. The van der Waals surface area contributed by atoms with E-state index in [9.17, 15) is 0 Å². The van der Waals surface area contributed by atoms with E-state index in [1.807, 2.05) is 6.92 Å². The maximum atomic E-state index is 5.72. The first-order valence-electron chi connectivity index (χ1n) is 4.67. The van der Waals surface area contributed by atoms with Gasteiger partial charge in [0.05, 0.1) is 12.4 Å². The van der Waals surface area contributed by atoms with Crippen LogP contribution in [0.15, 0.2) is 18.5 Å². The first-order valence-corrected chi connectivity index (χ1v) is 5.05. The van der Waals surface area contributed by atoms with E-state index in [0.29, 0.717) is 11.6 Å². The summed E-state index contributed by atoms with van der Waals surface area (Å²) in [7, 11) is 0.